The van der Waals surface area contributed by atoms with Crippen molar-refractivity contribution in [3.63, 3.8) is 0 Å². The summed E-state index contributed by atoms with van der Waals surface area (Å²) in [7, 11) is 0. The zero-order valence-electron chi connectivity index (χ0n) is 13.1. The van der Waals surface area contributed by atoms with Gasteiger partial charge in [-0.15, -0.1) is 0 Å². The standard InChI is InChI=1S/C16H32N2O2/c1-2-3-4-5-8-12-18(13-9-14-19)16(20)15-10-6-7-11-17-15/h15,17,19H,2-14H2,1H3/t15-/m1/s1. The van der Waals surface area contributed by atoms with Crippen molar-refractivity contribution in [3.05, 3.63) is 0 Å². The molecule has 0 spiro atoms. The fourth-order valence-electron chi connectivity index (χ4n) is 2.78. The Labute approximate surface area is 123 Å². The molecular formula is C16H32N2O2. The van der Waals surface area contributed by atoms with Gasteiger partial charge in [-0.3, -0.25) is 4.79 Å². The molecule has 4 nitrogen and oxygen atoms in total. The molecule has 1 fully saturated rings. The van der Waals surface area contributed by atoms with E-state index in [9.17, 15) is 4.79 Å². The molecule has 0 bridgehead atoms. The molecule has 0 saturated carbocycles. The zero-order valence-corrected chi connectivity index (χ0v) is 13.1. The molecule has 0 radical (unpaired) electrons. The summed E-state index contributed by atoms with van der Waals surface area (Å²) in [6, 6.07) is 0.0121. The van der Waals surface area contributed by atoms with Gasteiger partial charge in [0.25, 0.3) is 0 Å². The Kier molecular flexibility index (Phi) is 9.67. The molecule has 0 aromatic carbocycles. The van der Waals surface area contributed by atoms with Gasteiger partial charge in [-0.25, -0.2) is 0 Å². The smallest absolute Gasteiger partial charge is 0.239 e. The molecule has 0 aromatic rings. The van der Waals surface area contributed by atoms with E-state index < -0.39 is 0 Å². The molecule has 1 rings (SSSR count). The Morgan fingerprint density at radius 1 is 1.15 bits per heavy atom. The lowest BCUT2D eigenvalue weighted by Gasteiger charge is -2.30. The molecule has 0 aliphatic carbocycles. The summed E-state index contributed by atoms with van der Waals surface area (Å²) in [4.78, 5) is 14.5. The second-order valence-corrected chi connectivity index (χ2v) is 5.82. The third-order valence-electron chi connectivity index (χ3n) is 4.04. The highest BCUT2D eigenvalue weighted by atomic mass is 16.3. The number of amides is 1. The van der Waals surface area contributed by atoms with Gasteiger partial charge in [-0.2, -0.15) is 0 Å². The van der Waals surface area contributed by atoms with E-state index in [0.717, 1.165) is 32.4 Å². The molecule has 0 unspecified atom stereocenters. The second-order valence-electron chi connectivity index (χ2n) is 5.82. The van der Waals surface area contributed by atoms with Crippen molar-refractivity contribution in [1.82, 2.24) is 10.2 Å². The van der Waals surface area contributed by atoms with Crippen LogP contribution in [0.3, 0.4) is 0 Å². The first-order chi connectivity index (χ1) is 9.79. The van der Waals surface area contributed by atoms with Crippen molar-refractivity contribution < 1.29 is 9.90 Å². The summed E-state index contributed by atoms with van der Waals surface area (Å²) in [5.41, 5.74) is 0. The van der Waals surface area contributed by atoms with Crippen molar-refractivity contribution in [1.29, 1.82) is 0 Å². The number of unbranched alkanes of at least 4 members (excludes halogenated alkanes) is 4. The predicted molar refractivity (Wildman–Crippen MR) is 82.7 cm³/mol. The lowest BCUT2D eigenvalue weighted by Crippen LogP contribution is -2.49. The van der Waals surface area contributed by atoms with Crippen molar-refractivity contribution in [3.8, 4) is 0 Å². The number of carbonyl (C=O) groups is 1. The van der Waals surface area contributed by atoms with E-state index in [1.807, 2.05) is 4.90 Å². The Hall–Kier alpha value is -0.610. The van der Waals surface area contributed by atoms with Gasteiger partial charge >= 0.3 is 0 Å². The van der Waals surface area contributed by atoms with E-state index in [0.29, 0.717) is 13.0 Å². The molecule has 4 heteroatoms. The van der Waals surface area contributed by atoms with Gasteiger partial charge in [0.15, 0.2) is 0 Å². The van der Waals surface area contributed by atoms with E-state index in [1.165, 1.54) is 32.1 Å². The molecule has 1 atom stereocenters. The quantitative estimate of drug-likeness (QED) is 0.605. The van der Waals surface area contributed by atoms with Gasteiger partial charge in [0.05, 0.1) is 6.04 Å². The number of hydrogen-bond donors (Lipinski definition) is 2. The number of nitrogens with one attached hydrogen (secondary N) is 1. The van der Waals surface area contributed by atoms with Gasteiger partial charge < -0.3 is 15.3 Å². The number of carbonyl (C=O) groups excluding carboxylic acids is 1. The first kappa shape index (κ1) is 17.4. The average molecular weight is 284 g/mol. The Balaban J connectivity index is 2.34. The SMILES string of the molecule is CCCCCCCN(CCCO)C(=O)[C@H]1CCCCN1. The maximum atomic E-state index is 12.5. The summed E-state index contributed by atoms with van der Waals surface area (Å²) in [6.45, 7) is 4.88. The van der Waals surface area contributed by atoms with Crippen molar-refractivity contribution >= 4 is 5.91 Å². The van der Waals surface area contributed by atoms with Crippen LogP contribution in [0.15, 0.2) is 0 Å². The van der Waals surface area contributed by atoms with Crippen LogP contribution in [0, 0.1) is 0 Å². The molecule has 1 heterocycles. The summed E-state index contributed by atoms with van der Waals surface area (Å²) in [6.07, 6.45) is 10.1. The van der Waals surface area contributed by atoms with Crippen LogP contribution in [-0.4, -0.2) is 48.2 Å². The monoisotopic (exact) mass is 284 g/mol. The molecule has 0 aromatic heterocycles. The zero-order chi connectivity index (χ0) is 14.6. The van der Waals surface area contributed by atoms with Crippen LogP contribution in [0.2, 0.25) is 0 Å². The molecule has 1 aliphatic rings. The highest BCUT2D eigenvalue weighted by molar-refractivity contribution is 5.82. The number of aliphatic hydroxyl groups is 1. The van der Waals surface area contributed by atoms with Crippen LogP contribution in [0.4, 0.5) is 0 Å². The van der Waals surface area contributed by atoms with Crippen LogP contribution in [-0.2, 0) is 4.79 Å². The van der Waals surface area contributed by atoms with Gasteiger partial charge in [-0.05, 0) is 32.2 Å². The molecular weight excluding hydrogens is 252 g/mol. The van der Waals surface area contributed by atoms with Crippen LogP contribution >= 0.6 is 0 Å². The molecule has 1 aliphatic heterocycles. The van der Waals surface area contributed by atoms with Gasteiger partial charge in [0.1, 0.15) is 0 Å². The predicted octanol–water partition coefficient (Wildman–Crippen LogP) is 2.31. The number of nitrogens with zero attached hydrogens (tertiary/aromatic N) is 1. The maximum Gasteiger partial charge on any atom is 0.239 e. The third-order valence-corrected chi connectivity index (χ3v) is 4.04. The summed E-state index contributed by atoms with van der Waals surface area (Å²) < 4.78 is 0. The molecule has 1 amide bonds. The number of piperidine rings is 1. The van der Waals surface area contributed by atoms with E-state index in [2.05, 4.69) is 12.2 Å². The number of rotatable bonds is 10. The fourth-order valence-corrected chi connectivity index (χ4v) is 2.78. The van der Waals surface area contributed by atoms with Gasteiger partial charge in [0.2, 0.25) is 5.91 Å². The molecule has 2 N–H and O–H groups in total. The highest BCUT2D eigenvalue weighted by Crippen LogP contribution is 2.12. The topological polar surface area (TPSA) is 52.6 Å². The number of aliphatic hydroxyl groups excluding tert-OH is 1. The maximum absolute atomic E-state index is 12.5. The van der Waals surface area contributed by atoms with Crippen molar-refractivity contribution in [2.24, 2.45) is 0 Å². The van der Waals surface area contributed by atoms with E-state index in [1.54, 1.807) is 0 Å². The molecule has 1 saturated heterocycles. The molecule has 118 valence electrons. The van der Waals surface area contributed by atoms with Crippen LogP contribution in [0.25, 0.3) is 0 Å². The minimum Gasteiger partial charge on any atom is -0.396 e. The van der Waals surface area contributed by atoms with Crippen LogP contribution < -0.4 is 5.32 Å². The fraction of sp³-hybridized carbons (Fsp3) is 0.938. The normalized spacial score (nSPS) is 19.0. The van der Waals surface area contributed by atoms with Gasteiger partial charge in [-0.1, -0.05) is 39.0 Å². The van der Waals surface area contributed by atoms with Gasteiger partial charge in [0, 0.05) is 19.7 Å². The van der Waals surface area contributed by atoms with E-state index >= 15 is 0 Å². The van der Waals surface area contributed by atoms with E-state index in [-0.39, 0.29) is 18.6 Å². The lowest BCUT2D eigenvalue weighted by molar-refractivity contribution is -0.134. The molecule has 20 heavy (non-hydrogen) atoms. The first-order valence-corrected chi connectivity index (χ1v) is 8.42. The van der Waals surface area contributed by atoms with Crippen LogP contribution in [0.5, 0.6) is 0 Å². The van der Waals surface area contributed by atoms with Crippen LogP contribution in [0.1, 0.15) is 64.7 Å². The largest absolute Gasteiger partial charge is 0.396 e. The first-order valence-electron chi connectivity index (χ1n) is 8.42. The Bertz CT molecular complexity index is 253. The lowest BCUT2D eigenvalue weighted by atomic mass is 10.0. The van der Waals surface area contributed by atoms with Crippen molar-refractivity contribution in [2.45, 2.75) is 70.8 Å². The van der Waals surface area contributed by atoms with Crippen molar-refractivity contribution in [2.75, 3.05) is 26.2 Å². The third kappa shape index (κ3) is 6.71. The Morgan fingerprint density at radius 2 is 1.90 bits per heavy atom. The van der Waals surface area contributed by atoms with E-state index in [4.69, 9.17) is 5.11 Å². The summed E-state index contributed by atoms with van der Waals surface area (Å²) in [5.74, 6) is 0.244. The average Bonchev–Trinajstić information content (AvgIpc) is 2.50. The Morgan fingerprint density at radius 3 is 2.55 bits per heavy atom. The minimum atomic E-state index is 0.0121. The highest BCUT2D eigenvalue weighted by Gasteiger charge is 2.24. The summed E-state index contributed by atoms with van der Waals surface area (Å²) >= 11 is 0. The minimum absolute atomic E-state index is 0.0121. The summed E-state index contributed by atoms with van der Waals surface area (Å²) in [5, 5.41) is 12.3. The second kappa shape index (κ2) is 11.1. The number of hydrogen-bond acceptors (Lipinski definition) is 3.